The van der Waals surface area contributed by atoms with E-state index < -0.39 is 0 Å². The molecule has 1 aliphatic carbocycles. The van der Waals surface area contributed by atoms with Gasteiger partial charge in [0.25, 0.3) is 17.8 Å². The molecule has 9 nitrogen and oxygen atoms in total. The Bertz CT molecular complexity index is 1070. The second-order valence-corrected chi connectivity index (χ2v) is 6.90. The molecule has 1 saturated carbocycles. The number of benzene rings is 1. The summed E-state index contributed by atoms with van der Waals surface area (Å²) in [5, 5.41) is 7.17. The first-order valence-corrected chi connectivity index (χ1v) is 9.06. The summed E-state index contributed by atoms with van der Waals surface area (Å²) in [6.45, 7) is 1.94. The van der Waals surface area contributed by atoms with Crippen molar-refractivity contribution in [3.05, 3.63) is 35.5 Å². The molecule has 142 valence electrons. The lowest BCUT2D eigenvalue weighted by molar-refractivity contribution is -0.119. The van der Waals surface area contributed by atoms with Crippen molar-refractivity contribution < 1.29 is 19.1 Å². The molecule has 1 unspecified atom stereocenters. The number of carbonyl (C=O) groups excluding carboxylic acids is 2. The van der Waals surface area contributed by atoms with E-state index in [9.17, 15) is 9.59 Å². The number of fused-ring (bicyclic) bond motifs is 2. The second kappa shape index (κ2) is 6.29. The Morgan fingerprint density at radius 1 is 1.21 bits per heavy atom. The minimum Gasteiger partial charge on any atom is -0.454 e. The second-order valence-electron chi connectivity index (χ2n) is 6.90. The van der Waals surface area contributed by atoms with Crippen molar-refractivity contribution in [2.75, 3.05) is 12.1 Å². The maximum absolute atomic E-state index is 12.7. The number of nitrogens with zero attached hydrogens (tertiary/aromatic N) is 4. The van der Waals surface area contributed by atoms with Gasteiger partial charge in [0.1, 0.15) is 5.82 Å². The highest BCUT2D eigenvalue weighted by Crippen LogP contribution is 2.33. The Balaban J connectivity index is 1.44. The average Bonchev–Trinajstić information content (AvgIpc) is 3.40. The number of hydrogen-bond donors (Lipinski definition) is 1. The van der Waals surface area contributed by atoms with Crippen LogP contribution in [0.4, 0.5) is 5.82 Å². The first-order chi connectivity index (χ1) is 13.6. The van der Waals surface area contributed by atoms with Crippen LogP contribution in [-0.4, -0.2) is 40.1 Å². The van der Waals surface area contributed by atoms with Crippen LogP contribution in [0, 0.1) is 12.8 Å². The third-order valence-corrected chi connectivity index (χ3v) is 4.98. The minimum atomic E-state index is -0.339. The number of aryl methyl sites for hydroxylation is 1. The van der Waals surface area contributed by atoms with Crippen LogP contribution in [0.5, 0.6) is 11.5 Å². The fraction of sp³-hybridized carbons (Fsp3) is 0.316. The van der Waals surface area contributed by atoms with Crippen LogP contribution >= 0.6 is 0 Å². The highest BCUT2D eigenvalue weighted by Gasteiger charge is 2.33. The van der Waals surface area contributed by atoms with Crippen molar-refractivity contribution >= 4 is 29.3 Å². The Labute approximate surface area is 160 Å². The van der Waals surface area contributed by atoms with Crippen LogP contribution in [0.2, 0.25) is 0 Å². The molecule has 2 amide bonds. The highest BCUT2D eigenvalue weighted by atomic mass is 16.7. The highest BCUT2D eigenvalue weighted by molar-refractivity contribution is 6.17. The first kappa shape index (κ1) is 16.7. The van der Waals surface area contributed by atoms with Gasteiger partial charge in [0.2, 0.25) is 6.79 Å². The predicted octanol–water partition coefficient (Wildman–Crippen LogP) is 2.16. The largest absolute Gasteiger partial charge is 0.454 e. The number of rotatable bonds is 2. The van der Waals surface area contributed by atoms with Gasteiger partial charge in [0.05, 0.1) is 11.6 Å². The molecule has 0 spiro atoms. The molecule has 0 bridgehead atoms. The molecule has 9 heteroatoms. The number of aromatic nitrogens is 2. The summed E-state index contributed by atoms with van der Waals surface area (Å²) in [5.41, 5.74) is 1.93. The van der Waals surface area contributed by atoms with Gasteiger partial charge in [-0.1, -0.05) is 0 Å². The third kappa shape index (κ3) is 2.75. The molecular formula is C19H17N5O4. The SMILES string of the molecule is Cc1cc(NC(=O)c2ccc3c(c2)OCO3)n(C2=NC(=O)C3CCCC3=N2)n1. The van der Waals surface area contributed by atoms with Gasteiger partial charge in [-0.2, -0.15) is 14.8 Å². The molecule has 1 atom stereocenters. The van der Waals surface area contributed by atoms with Gasteiger partial charge in [0.15, 0.2) is 11.5 Å². The van der Waals surface area contributed by atoms with Crippen molar-refractivity contribution in [1.29, 1.82) is 0 Å². The topological polar surface area (TPSA) is 107 Å². The molecule has 2 aromatic rings. The summed E-state index contributed by atoms with van der Waals surface area (Å²) < 4.78 is 12.0. The van der Waals surface area contributed by atoms with Crippen molar-refractivity contribution in [3.63, 3.8) is 0 Å². The third-order valence-electron chi connectivity index (χ3n) is 4.98. The molecule has 1 aromatic carbocycles. The van der Waals surface area contributed by atoms with Crippen molar-refractivity contribution in [3.8, 4) is 11.5 Å². The molecule has 1 aromatic heterocycles. The van der Waals surface area contributed by atoms with Gasteiger partial charge in [-0.3, -0.25) is 9.59 Å². The smallest absolute Gasteiger partial charge is 0.257 e. The number of anilines is 1. The van der Waals surface area contributed by atoms with E-state index in [2.05, 4.69) is 20.4 Å². The van der Waals surface area contributed by atoms with E-state index in [1.165, 1.54) is 4.68 Å². The fourth-order valence-electron chi connectivity index (χ4n) is 3.62. The average molecular weight is 379 g/mol. The van der Waals surface area contributed by atoms with E-state index in [0.717, 1.165) is 25.0 Å². The fourth-order valence-corrected chi connectivity index (χ4v) is 3.62. The molecule has 28 heavy (non-hydrogen) atoms. The molecule has 0 radical (unpaired) electrons. The number of hydrogen-bond acceptors (Lipinski definition) is 6. The van der Waals surface area contributed by atoms with Crippen LogP contribution < -0.4 is 14.8 Å². The summed E-state index contributed by atoms with van der Waals surface area (Å²) in [7, 11) is 0. The van der Waals surface area contributed by atoms with Crippen LogP contribution in [-0.2, 0) is 4.79 Å². The minimum absolute atomic E-state index is 0.140. The van der Waals surface area contributed by atoms with Gasteiger partial charge >= 0.3 is 0 Å². The van der Waals surface area contributed by atoms with Gasteiger partial charge in [-0.15, -0.1) is 0 Å². The number of aliphatic imine (C=N–C) groups is 2. The van der Waals surface area contributed by atoms with E-state index in [0.29, 0.717) is 28.6 Å². The zero-order chi connectivity index (χ0) is 19.3. The standard InChI is InChI=1S/C19H17N5O4/c1-10-7-16(21-17(25)11-5-6-14-15(8-11)28-9-27-14)24(23-10)19-20-13-4-2-3-12(13)18(26)22-19/h5-8,12H,2-4,9H2,1H3,(H,21,25). The molecule has 1 N–H and O–H groups in total. The van der Waals surface area contributed by atoms with Crippen molar-refractivity contribution in [2.45, 2.75) is 26.2 Å². The summed E-state index contributed by atoms with van der Waals surface area (Å²) in [5.74, 6) is 0.979. The molecule has 1 fully saturated rings. The number of ether oxygens (including phenoxy) is 2. The summed E-state index contributed by atoms with van der Waals surface area (Å²) in [6, 6.07) is 6.67. The zero-order valence-electron chi connectivity index (χ0n) is 15.1. The maximum Gasteiger partial charge on any atom is 0.257 e. The molecule has 5 rings (SSSR count). The molecule has 0 saturated heterocycles. The van der Waals surface area contributed by atoms with Crippen LogP contribution in [0.1, 0.15) is 35.3 Å². The Morgan fingerprint density at radius 2 is 2.07 bits per heavy atom. The molecular weight excluding hydrogens is 362 g/mol. The van der Waals surface area contributed by atoms with E-state index in [1.54, 1.807) is 31.2 Å². The maximum atomic E-state index is 12.7. The monoisotopic (exact) mass is 379 g/mol. The van der Waals surface area contributed by atoms with E-state index in [-0.39, 0.29) is 30.5 Å². The quantitative estimate of drug-likeness (QED) is 0.860. The zero-order valence-corrected chi connectivity index (χ0v) is 15.1. The lowest BCUT2D eigenvalue weighted by Crippen LogP contribution is -2.29. The normalized spacial score (nSPS) is 19.9. The molecule has 3 heterocycles. The van der Waals surface area contributed by atoms with Crippen LogP contribution in [0.25, 0.3) is 0 Å². The number of amides is 2. The van der Waals surface area contributed by atoms with Crippen molar-refractivity contribution in [1.82, 2.24) is 9.78 Å². The van der Waals surface area contributed by atoms with Gasteiger partial charge in [0, 0.05) is 17.3 Å². The van der Waals surface area contributed by atoms with E-state index in [1.807, 2.05) is 0 Å². The van der Waals surface area contributed by atoms with Gasteiger partial charge in [-0.05, 0) is 44.4 Å². The first-order valence-electron chi connectivity index (χ1n) is 9.06. The summed E-state index contributed by atoms with van der Waals surface area (Å²) >= 11 is 0. The number of carbonyl (C=O) groups is 2. The van der Waals surface area contributed by atoms with Crippen LogP contribution in [0.3, 0.4) is 0 Å². The molecule has 2 aliphatic heterocycles. The van der Waals surface area contributed by atoms with E-state index in [4.69, 9.17) is 9.47 Å². The van der Waals surface area contributed by atoms with Crippen molar-refractivity contribution in [2.24, 2.45) is 15.9 Å². The summed E-state index contributed by atoms with van der Waals surface area (Å²) in [4.78, 5) is 33.6. The lowest BCUT2D eigenvalue weighted by atomic mass is 10.1. The summed E-state index contributed by atoms with van der Waals surface area (Å²) in [6.07, 6.45) is 2.51. The van der Waals surface area contributed by atoms with Gasteiger partial charge in [-0.25, -0.2) is 4.99 Å². The van der Waals surface area contributed by atoms with Crippen LogP contribution in [0.15, 0.2) is 34.3 Å². The Morgan fingerprint density at radius 3 is 2.96 bits per heavy atom. The van der Waals surface area contributed by atoms with Gasteiger partial charge < -0.3 is 14.8 Å². The lowest BCUT2D eigenvalue weighted by Gasteiger charge is -2.15. The van der Waals surface area contributed by atoms with E-state index >= 15 is 0 Å². The Hall–Kier alpha value is -3.49. The molecule has 3 aliphatic rings. The number of nitrogens with one attached hydrogen (secondary N) is 1. The Kier molecular flexibility index (Phi) is 3.75. The predicted molar refractivity (Wildman–Crippen MR) is 100 cm³/mol.